The molecule has 2 aromatic carbocycles. The summed E-state index contributed by atoms with van der Waals surface area (Å²) >= 11 is 0. The molecular formula is C28H29N3O3. The Morgan fingerprint density at radius 2 is 1.79 bits per heavy atom. The second kappa shape index (κ2) is 8.95. The van der Waals surface area contributed by atoms with Crippen LogP contribution >= 0.6 is 0 Å². The van der Waals surface area contributed by atoms with Crippen LogP contribution in [0.4, 0.5) is 0 Å². The number of likely N-dealkylation sites (tertiary alicyclic amines) is 1. The van der Waals surface area contributed by atoms with Crippen molar-refractivity contribution in [2.75, 3.05) is 6.54 Å². The van der Waals surface area contributed by atoms with Crippen LogP contribution in [0.15, 0.2) is 77.3 Å². The summed E-state index contributed by atoms with van der Waals surface area (Å²) in [6.07, 6.45) is 3.43. The summed E-state index contributed by atoms with van der Waals surface area (Å²) in [5.41, 5.74) is 9.13. The summed E-state index contributed by atoms with van der Waals surface area (Å²) in [5.74, 6) is 1.01. The van der Waals surface area contributed by atoms with Crippen LogP contribution in [0.2, 0.25) is 0 Å². The molecule has 2 aromatic heterocycles. The van der Waals surface area contributed by atoms with Crippen molar-refractivity contribution in [3.8, 4) is 0 Å². The molecule has 0 bridgehead atoms. The topological polar surface area (TPSA) is 81.5 Å². The third-order valence-corrected chi connectivity index (χ3v) is 6.82. The third-order valence-electron chi connectivity index (χ3n) is 6.82. The minimum atomic E-state index is -0.272. The largest absolute Gasteiger partial charge is 0.454 e. The molecule has 174 valence electrons. The van der Waals surface area contributed by atoms with Gasteiger partial charge < -0.3 is 15.1 Å². The van der Waals surface area contributed by atoms with Gasteiger partial charge in [-0.3, -0.25) is 14.2 Å². The van der Waals surface area contributed by atoms with Crippen molar-refractivity contribution in [2.24, 2.45) is 5.73 Å². The second-order valence-electron chi connectivity index (χ2n) is 9.21. The highest BCUT2D eigenvalue weighted by molar-refractivity contribution is 5.94. The van der Waals surface area contributed by atoms with Crippen molar-refractivity contribution in [1.82, 2.24) is 9.47 Å². The maximum atomic E-state index is 13.6. The lowest BCUT2D eigenvalue weighted by atomic mass is 9.94. The number of carbonyl (C=O) groups excluding carboxylic acids is 2. The Hall–Kier alpha value is -3.64. The summed E-state index contributed by atoms with van der Waals surface area (Å²) in [5, 5.41) is 1.05. The fourth-order valence-corrected chi connectivity index (χ4v) is 5.11. The van der Waals surface area contributed by atoms with E-state index in [1.807, 2.05) is 60.5 Å². The summed E-state index contributed by atoms with van der Waals surface area (Å²) in [4.78, 5) is 27.7. The fraction of sp³-hybridized carbons (Fsp3) is 0.286. The fourth-order valence-electron chi connectivity index (χ4n) is 5.11. The molecular weight excluding hydrogens is 426 g/mol. The van der Waals surface area contributed by atoms with Crippen LogP contribution in [0, 0.1) is 0 Å². The van der Waals surface area contributed by atoms with Crippen LogP contribution in [0.25, 0.3) is 10.9 Å². The van der Waals surface area contributed by atoms with Gasteiger partial charge in [-0.25, -0.2) is 0 Å². The van der Waals surface area contributed by atoms with Crippen LogP contribution in [0.5, 0.6) is 0 Å². The van der Waals surface area contributed by atoms with Crippen molar-refractivity contribution < 1.29 is 14.0 Å². The summed E-state index contributed by atoms with van der Waals surface area (Å²) < 4.78 is 7.50. The van der Waals surface area contributed by atoms with Crippen LogP contribution in [-0.4, -0.2) is 33.9 Å². The maximum Gasteiger partial charge on any atom is 0.289 e. The first-order valence-electron chi connectivity index (χ1n) is 11.7. The lowest BCUT2D eigenvalue weighted by molar-refractivity contribution is 0.0700. The van der Waals surface area contributed by atoms with E-state index >= 15 is 0 Å². The highest BCUT2D eigenvalue weighted by atomic mass is 16.4. The molecule has 6 nitrogen and oxygen atoms in total. The highest BCUT2D eigenvalue weighted by Crippen LogP contribution is 2.36. The predicted octanol–water partition coefficient (Wildman–Crippen LogP) is 5.16. The van der Waals surface area contributed by atoms with Crippen molar-refractivity contribution >= 4 is 22.7 Å². The van der Waals surface area contributed by atoms with Gasteiger partial charge in [0, 0.05) is 37.0 Å². The van der Waals surface area contributed by atoms with Crippen LogP contribution in [0.1, 0.15) is 64.5 Å². The molecule has 1 saturated heterocycles. The molecule has 3 heterocycles. The van der Waals surface area contributed by atoms with Crippen molar-refractivity contribution in [1.29, 1.82) is 0 Å². The summed E-state index contributed by atoms with van der Waals surface area (Å²) in [7, 11) is 0. The van der Waals surface area contributed by atoms with Gasteiger partial charge in [-0.15, -0.1) is 0 Å². The Kier molecular flexibility index (Phi) is 5.84. The molecule has 0 saturated carbocycles. The van der Waals surface area contributed by atoms with E-state index in [1.54, 1.807) is 23.6 Å². The van der Waals surface area contributed by atoms with Gasteiger partial charge in [-0.05, 0) is 49.1 Å². The third kappa shape index (κ3) is 4.05. The van der Waals surface area contributed by atoms with Gasteiger partial charge in [0.1, 0.15) is 5.76 Å². The van der Waals surface area contributed by atoms with Gasteiger partial charge in [0.05, 0.1) is 11.6 Å². The van der Waals surface area contributed by atoms with Gasteiger partial charge in [0.2, 0.25) is 5.91 Å². The maximum absolute atomic E-state index is 13.6. The average molecular weight is 456 g/mol. The molecule has 0 aliphatic carbocycles. The molecule has 1 amide bonds. The minimum absolute atomic E-state index is 0.0206. The van der Waals surface area contributed by atoms with Gasteiger partial charge in [-0.2, -0.15) is 0 Å². The van der Waals surface area contributed by atoms with Crippen LogP contribution < -0.4 is 5.73 Å². The normalized spacial score (nSPS) is 19.0. The SMILES string of the molecule is CC(=O)n1cc(CC2CC(c3ccccc3)CN2C(=O)c2ccc(C(C)N)o2)c2ccccc21. The monoisotopic (exact) mass is 455 g/mol. The highest BCUT2D eigenvalue weighted by Gasteiger charge is 2.38. The zero-order valence-electron chi connectivity index (χ0n) is 19.5. The Morgan fingerprint density at radius 3 is 2.50 bits per heavy atom. The molecule has 4 aromatic rings. The number of amides is 1. The first-order chi connectivity index (χ1) is 16.4. The van der Waals surface area contributed by atoms with E-state index in [-0.39, 0.29) is 29.8 Å². The molecule has 0 radical (unpaired) electrons. The van der Waals surface area contributed by atoms with Crippen LogP contribution in [-0.2, 0) is 6.42 Å². The van der Waals surface area contributed by atoms with Gasteiger partial charge in [0.15, 0.2) is 5.76 Å². The average Bonchev–Trinajstić information content (AvgIpc) is 3.57. The molecule has 1 aliphatic heterocycles. The first kappa shape index (κ1) is 22.2. The number of para-hydroxylation sites is 1. The number of nitrogens with two attached hydrogens (primary N) is 1. The van der Waals surface area contributed by atoms with E-state index in [1.165, 1.54) is 5.56 Å². The summed E-state index contributed by atoms with van der Waals surface area (Å²) in [6.45, 7) is 4.02. The van der Waals surface area contributed by atoms with Crippen molar-refractivity contribution in [3.63, 3.8) is 0 Å². The zero-order chi connectivity index (χ0) is 23.8. The molecule has 5 rings (SSSR count). The molecule has 3 unspecified atom stereocenters. The number of hydrogen-bond acceptors (Lipinski definition) is 4. The van der Waals surface area contributed by atoms with Gasteiger partial charge in [-0.1, -0.05) is 48.5 Å². The minimum Gasteiger partial charge on any atom is -0.454 e. The number of aromatic nitrogens is 1. The van der Waals surface area contributed by atoms with E-state index in [0.717, 1.165) is 22.9 Å². The Morgan fingerprint density at radius 1 is 1.06 bits per heavy atom. The van der Waals surface area contributed by atoms with E-state index in [4.69, 9.17) is 10.2 Å². The Bertz CT molecular complexity index is 1340. The molecule has 2 N–H and O–H groups in total. The number of nitrogens with zero attached hydrogens (tertiary/aromatic N) is 2. The quantitative estimate of drug-likeness (QED) is 0.451. The van der Waals surface area contributed by atoms with Crippen molar-refractivity contribution in [3.05, 3.63) is 95.6 Å². The predicted molar refractivity (Wildman–Crippen MR) is 132 cm³/mol. The van der Waals surface area contributed by atoms with E-state index < -0.39 is 0 Å². The van der Waals surface area contributed by atoms with E-state index in [2.05, 4.69) is 12.1 Å². The van der Waals surface area contributed by atoms with Gasteiger partial charge >= 0.3 is 0 Å². The number of fused-ring (bicyclic) bond motifs is 1. The molecule has 1 fully saturated rings. The smallest absolute Gasteiger partial charge is 0.289 e. The van der Waals surface area contributed by atoms with Crippen molar-refractivity contribution in [2.45, 2.75) is 44.7 Å². The first-order valence-corrected chi connectivity index (χ1v) is 11.7. The lowest BCUT2D eigenvalue weighted by Gasteiger charge is -2.23. The molecule has 0 spiro atoms. The second-order valence-corrected chi connectivity index (χ2v) is 9.21. The van der Waals surface area contributed by atoms with Crippen LogP contribution in [0.3, 0.4) is 0 Å². The standard InChI is InChI=1S/C28H29N3O3/c1-18(29)26-12-13-27(34-26)28(33)31-16-21(20-8-4-3-5-9-20)14-23(31)15-22-17-30(19(2)32)25-11-7-6-10-24(22)25/h3-13,17-18,21,23H,14-16,29H2,1-2H3. The number of furan rings is 1. The molecule has 3 atom stereocenters. The molecule has 1 aliphatic rings. The van der Waals surface area contributed by atoms with Gasteiger partial charge in [0.25, 0.3) is 5.91 Å². The van der Waals surface area contributed by atoms with E-state index in [0.29, 0.717) is 24.5 Å². The molecule has 34 heavy (non-hydrogen) atoms. The Balaban J connectivity index is 1.49. The number of hydrogen-bond donors (Lipinski definition) is 1. The Labute approximate surface area is 199 Å². The number of benzene rings is 2. The van der Waals surface area contributed by atoms with E-state index in [9.17, 15) is 9.59 Å². The number of rotatable bonds is 5. The number of carbonyl (C=O) groups is 2. The molecule has 6 heteroatoms. The summed E-state index contributed by atoms with van der Waals surface area (Å²) in [6, 6.07) is 21.5. The lowest BCUT2D eigenvalue weighted by Crippen LogP contribution is -2.36. The zero-order valence-corrected chi connectivity index (χ0v) is 19.5.